The number of hydrogen-bond donors (Lipinski definition) is 0. The molecular weight excluding hydrogens is 2050 g/mol. The number of aryl methyl sites for hydroxylation is 3. The van der Waals surface area contributed by atoms with Gasteiger partial charge in [0.1, 0.15) is 44.7 Å². The van der Waals surface area contributed by atoms with Crippen LogP contribution in [0.2, 0.25) is 15.1 Å². The molecule has 0 saturated carbocycles. The molecule has 0 bridgehead atoms. The first-order chi connectivity index (χ1) is 70.0. The van der Waals surface area contributed by atoms with Crippen molar-refractivity contribution in [3.05, 3.63) is 294 Å². The van der Waals surface area contributed by atoms with Crippen LogP contribution >= 0.6 is 34.8 Å². The minimum Gasteiger partial charge on any atom is -0.444 e. The summed E-state index contributed by atoms with van der Waals surface area (Å²) in [6.45, 7) is 22.9. The SMILES string of the molecule is CC(C)c1ccc(S(=O)(=O)N2CCC(N3C(=O)OCc4cc(Cl)ccc43)CC2)cc1.Cc1ccc2c(c1)COC(=O)N2C1CCN(S(=O)(=O)c2ccc(C(C)C)cc2)CC1.Cc1cccc2c1N(C1CCN(S(=O)(=O)c3ccc(C(C)C)cc3)CC1)C(=O)OC2.Cc1cccc2c1N(C1CCN(S(=O)(=O)c3ccc(F)c(Cl)c3)CC1)C(=O)OC2.O=C1OCc2ccccc2N1C1CCN(S(=O)(=O)c2ccc(F)c(Cl)c2)CC1. The van der Waals surface area contributed by atoms with Gasteiger partial charge in [-0.3, -0.25) is 24.5 Å². The maximum atomic E-state index is 13.4. The Bertz CT molecular complexity index is 7020. The number of halogens is 5. The lowest BCUT2D eigenvalue weighted by molar-refractivity contribution is 0.135. The maximum Gasteiger partial charge on any atom is 0.414 e. The molecule has 10 heterocycles. The fourth-order valence-electron chi connectivity index (χ4n) is 20.2. The zero-order chi connectivity index (χ0) is 105. The Morgan fingerprint density at radius 1 is 0.279 bits per heavy atom. The summed E-state index contributed by atoms with van der Waals surface area (Å²) in [7, 11) is -18.2. The Hall–Kier alpha value is -11.2. The van der Waals surface area contributed by atoms with Gasteiger partial charge < -0.3 is 23.7 Å². The normalized spacial score (nSPS) is 18.5. The van der Waals surface area contributed by atoms with Crippen LogP contribution in [0.25, 0.3) is 0 Å². The number of rotatable bonds is 18. The van der Waals surface area contributed by atoms with Crippen molar-refractivity contribution in [2.75, 3.05) is 89.9 Å². The Morgan fingerprint density at radius 2 is 0.537 bits per heavy atom. The van der Waals surface area contributed by atoms with E-state index in [9.17, 15) is 74.8 Å². The van der Waals surface area contributed by atoms with Gasteiger partial charge in [-0.05, 0) is 234 Å². The first kappa shape index (κ1) is 109. The highest BCUT2D eigenvalue weighted by atomic mass is 35.5. The number of piperidine rings is 5. The average Bonchev–Trinajstić information content (AvgIpc) is 0.784. The van der Waals surface area contributed by atoms with Gasteiger partial charge in [0, 0.05) is 128 Å². The van der Waals surface area contributed by atoms with Crippen molar-refractivity contribution in [3.8, 4) is 0 Å². The molecular formula is C107H119Cl3F2N10O20S5. The van der Waals surface area contributed by atoms with E-state index in [0.29, 0.717) is 141 Å². The summed E-state index contributed by atoms with van der Waals surface area (Å²) in [5.74, 6) is -0.273. The third kappa shape index (κ3) is 23.7. The van der Waals surface area contributed by atoms with Gasteiger partial charge in [0.15, 0.2) is 0 Å². The lowest BCUT2D eigenvalue weighted by Crippen LogP contribution is -2.50. The van der Waals surface area contributed by atoms with Crippen LogP contribution in [0, 0.1) is 32.4 Å². The molecule has 0 unspecified atom stereocenters. The Morgan fingerprint density at radius 3 is 0.857 bits per heavy atom. The Labute approximate surface area is 873 Å². The highest BCUT2D eigenvalue weighted by Crippen LogP contribution is 2.43. The topological polar surface area (TPSA) is 335 Å². The number of carbonyl (C=O) groups excluding carboxylic acids is 5. The van der Waals surface area contributed by atoms with Crippen LogP contribution in [0.1, 0.15) is 185 Å². The smallest absolute Gasteiger partial charge is 0.414 e. The zero-order valence-corrected chi connectivity index (χ0v) is 89.3. The number of hydrogen-bond acceptors (Lipinski definition) is 20. The van der Waals surface area contributed by atoms with Crippen molar-refractivity contribution in [1.29, 1.82) is 0 Å². The van der Waals surface area contributed by atoms with Crippen LogP contribution in [0.3, 0.4) is 0 Å². The van der Waals surface area contributed by atoms with Crippen LogP contribution in [0.4, 0.5) is 61.2 Å². The van der Waals surface area contributed by atoms with Crippen molar-refractivity contribution in [2.24, 2.45) is 0 Å². The summed E-state index contributed by atoms with van der Waals surface area (Å²) < 4.78 is 191. The van der Waals surface area contributed by atoms with E-state index in [4.69, 9.17) is 58.5 Å². The first-order valence-corrected chi connectivity index (χ1v) is 57.5. The van der Waals surface area contributed by atoms with Gasteiger partial charge in [-0.1, -0.05) is 185 Å². The van der Waals surface area contributed by atoms with Gasteiger partial charge in [-0.25, -0.2) is 74.8 Å². The molecule has 782 valence electrons. The second kappa shape index (κ2) is 45.7. The number of cyclic esters (lactones) is 5. The predicted octanol–water partition coefficient (Wildman–Crippen LogP) is 21.5. The van der Waals surface area contributed by atoms with Gasteiger partial charge in [0.2, 0.25) is 50.1 Å². The van der Waals surface area contributed by atoms with E-state index in [0.717, 1.165) is 114 Å². The zero-order valence-electron chi connectivity index (χ0n) is 83.0. The molecule has 10 aromatic rings. The predicted molar refractivity (Wildman–Crippen MR) is 558 cm³/mol. The van der Waals surface area contributed by atoms with Crippen molar-refractivity contribution >= 4 is 144 Å². The van der Waals surface area contributed by atoms with E-state index in [1.165, 1.54) is 33.7 Å². The number of amides is 5. The van der Waals surface area contributed by atoms with Gasteiger partial charge in [-0.15, -0.1) is 0 Å². The summed E-state index contributed by atoms with van der Waals surface area (Å²) in [5.41, 5.74) is 15.5. The molecule has 30 nitrogen and oxygen atoms in total. The standard InChI is InChI=1S/2C23H28N2O4S.C22H25ClN2O4S.C20H20ClFN2O4S.C19H18ClFN2O4S/c1-16(2)18-5-7-21(8-6-18)30(27,28)24-12-10-20(11-13-24)25-22-9-4-17(3)14-19(22)15-29-23(25)26;1-16(2)18-7-9-21(10-8-18)30(27,28)24-13-11-20(12-14-24)25-22-17(3)5-4-6-19(22)15-29-23(25)26;1-15(2)16-3-6-20(7-4-16)30(27,28)24-11-9-19(10-12-24)25-21-8-5-18(23)13-17(21)14-29-22(25)26;1-13-3-2-4-14-12-28-20(25)24(19(13)14)15-7-9-23(10-8-15)29(26,27)16-5-6-18(22)17(21)11-16;20-16-11-15(5-6-17(16)21)28(25,26)22-9-7-14(8-10-22)23-18-4-2-1-3-13(18)12-27-19(23)24/h4-9,14,16,20H,10-13,15H2,1-3H3;4-10,16,20H,11-15H2,1-3H3;3-8,13,15,19H,9-12,14H2,1-2H3;2-6,11,15H,7-10,12H2,1H3;1-6,11,14H,7-10,12H2. The molecule has 40 heteroatoms. The lowest BCUT2D eigenvalue weighted by Gasteiger charge is -2.40. The number of sulfonamides is 5. The van der Waals surface area contributed by atoms with E-state index in [1.807, 2.05) is 142 Å². The number of carbonyl (C=O) groups is 5. The Balaban J connectivity index is 0.000000131. The molecule has 5 fully saturated rings. The summed E-state index contributed by atoms with van der Waals surface area (Å²) in [5, 5.41) is 0.129. The second-order valence-corrected chi connectivity index (χ2v) is 49.8. The third-order valence-corrected chi connectivity index (χ3v) is 38.8. The second-order valence-electron chi connectivity index (χ2n) is 38.8. The largest absolute Gasteiger partial charge is 0.444 e. The molecule has 10 aliphatic rings. The van der Waals surface area contributed by atoms with Gasteiger partial charge in [0.05, 0.1) is 63.0 Å². The number of benzene rings is 10. The highest BCUT2D eigenvalue weighted by molar-refractivity contribution is 7.90. The van der Waals surface area contributed by atoms with Crippen LogP contribution in [-0.2, 0) is 107 Å². The molecule has 0 N–H and O–H groups in total. The third-order valence-electron chi connectivity index (χ3n) is 28.5. The molecule has 147 heavy (non-hydrogen) atoms. The monoisotopic (exact) mass is 2170 g/mol. The van der Waals surface area contributed by atoms with Crippen molar-refractivity contribution in [2.45, 2.75) is 232 Å². The fraction of sp³-hybridized carbons (Fsp3) is 0.393. The van der Waals surface area contributed by atoms with Crippen LogP contribution < -0.4 is 24.5 Å². The van der Waals surface area contributed by atoms with Crippen molar-refractivity contribution in [1.82, 2.24) is 21.5 Å². The van der Waals surface area contributed by atoms with Gasteiger partial charge >= 0.3 is 30.5 Å². The van der Waals surface area contributed by atoms with Crippen LogP contribution in [0.5, 0.6) is 0 Å². The van der Waals surface area contributed by atoms with Crippen LogP contribution in [0.15, 0.2) is 231 Å². The summed E-state index contributed by atoms with van der Waals surface area (Å²) in [6.07, 6.45) is 3.36. The quantitative estimate of drug-likeness (QED) is 0.0720. The molecule has 0 radical (unpaired) electrons. The van der Waals surface area contributed by atoms with E-state index in [1.54, 1.807) is 73.0 Å². The van der Waals surface area contributed by atoms with E-state index >= 15 is 0 Å². The molecule has 20 rings (SSSR count). The molecule has 5 saturated heterocycles. The molecule has 5 amide bonds. The minimum atomic E-state index is -3.79. The van der Waals surface area contributed by atoms with Crippen molar-refractivity contribution < 1.29 is 98.5 Å². The van der Waals surface area contributed by atoms with E-state index in [-0.39, 0.29) is 121 Å². The summed E-state index contributed by atoms with van der Waals surface area (Å²) >= 11 is 17.5. The van der Waals surface area contributed by atoms with Gasteiger partial charge in [-0.2, -0.15) is 21.5 Å². The number of anilines is 5. The minimum absolute atomic E-state index is 0.0408. The lowest BCUT2D eigenvalue weighted by atomic mass is 10.00. The number of fused-ring (bicyclic) bond motifs is 5. The first-order valence-electron chi connectivity index (χ1n) is 49.1. The molecule has 10 aromatic carbocycles. The van der Waals surface area contributed by atoms with E-state index in [2.05, 4.69) is 41.5 Å². The summed E-state index contributed by atoms with van der Waals surface area (Å²) in [6, 6.07) is 58.2. The molecule has 0 spiro atoms. The average molecular weight is 2170 g/mol. The fourth-order valence-corrected chi connectivity index (χ4v) is 28.3. The summed E-state index contributed by atoms with van der Waals surface area (Å²) in [4.78, 5) is 71.6. The van der Waals surface area contributed by atoms with E-state index < -0.39 is 80.0 Å². The molecule has 0 atom stereocenters. The molecule has 0 aromatic heterocycles. The van der Waals surface area contributed by atoms with Gasteiger partial charge in [0.25, 0.3) is 0 Å². The number of ether oxygens (including phenoxy) is 5. The van der Waals surface area contributed by atoms with Crippen molar-refractivity contribution in [3.63, 3.8) is 0 Å². The molecule has 0 aliphatic carbocycles. The molecule has 10 aliphatic heterocycles. The number of para-hydroxylation sites is 3. The highest BCUT2D eigenvalue weighted by Gasteiger charge is 2.45. The number of nitrogens with zero attached hydrogens (tertiary/aromatic N) is 10. The maximum absolute atomic E-state index is 13.4. The Kier molecular flexibility index (Phi) is 33.8. The van der Waals surface area contributed by atoms with Crippen LogP contribution in [-0.4, -0.2) is 190 Å².